The Morgan fingerprint density at radius 2 is 2.00 bits per heavy atom. The molecule has 0 spiro atoms. The minimum absolute atomic E-state index is 0.111. The van der Waals surface area contributed by atoms with Crippen molar-refractivity contribution in [1.29, 1.82) is 0 Å². The highest BCUT2D eigenvalue weighted by Gasteiger charge is 2.26. The van der Waals surface area contributed by atoms with E-state index in [1.54, 1.807) is 0 Å². The Labute approximate surface area is 101 Å². The van der Waals surface area contributed by atoms with Crippen molar-refractivity contribution in [3.8, 4) is 0 Å². The number of benzene rings is 1. The van der Waals surface area contributed by atoms with Crippen LogP contribution < -0.4 is 10.6 Å². The maximum Gasteiger partial charge on any atom is 0.319 e. The Kier molecular flexibility index (Phi) is 3.64. The molecule has 2 rings (SSSR count). The van der Waals surface area contributed by atoms with E-state index in [0.29, 0.717) is 0 Å². The van der Waals surface area contributed by atoms with Gasteiger partial charge >= 0.3 is 6.03 Å². The van der Waals surface area contributed by atoms with E-state index in [4.69, 9.17) is 0 Å². The van der Waals surface area contributed by atoms with Crippen LogP contribution in [-0.4, -0.2) is 23.3 Å². The first kappa shape index (κ1) is 11.9. The molecule has 1 aliphatic rings. The number of aryl methyl sites for hydroxylation is 1. The normalized spacial score (nSPS) is 23.4. The number of aliphatic hydroxyl groups excluding tert-OH is 1. The number of hydrogen-bond acceptors (Lipinski definition) is 2. The Balaban J connectivity index is 1.86. The Hall–Kier alpha value is -1.55. The smallest absolute Gasteiger partial charge is 0.319 e. The number of urea groups is 1. The second-order valence-corrected chi connectivity index (χ2v) is 4.57. The summed E-state index contributed by atoms with van der Waals surface area (Å²) in [6.07, 6.45) is 2.19. The molecule has 4 nitrogen and oxygen atoms in total. The van der Waals surface area contributed by atoms with Crippen molar-refractivity contribution in [2.45, 2.75) is 38.3 Å². The van der Waals surface area contributed by atoms with Crippen molar-refractivity contribution >= 4 is 11.7 Å². The summed E-state index contributed by atoms with van der Waals surface area (Å²) in [5.41, 5.74) is 1.92. The molecule has 4 heteroatoms. The molecule has 2 amide bonds. The fourth-order valence-corrected chi connectivity index (χ4v) is 2.08. The number of nitrogens with one attached hydrogen (secondary N) is 2. The van der Waals surface area contributed by atoms with Gasteiger partial charge in [0.05, 0.1) is 12.1 Å². The third kappa shape index (κ3) is 3.20. The molecular weight excluding hydrogens is 216 g/mol. The predicted octanol–water partition coefficient (Wildman–Crippen LogP) is 2.03. The van der Waals surface area contributed by atoms with Crippen LogP contribution in [0.5, 0.6) is 0 Å². The van der Waals surface area contributed by atoms with E-state index in [1.165, 1.54) is 0 Å². The number of carbonyl (C=O) groups excluding carboxylic acids is 1. The Morgan fingerprint density at radius 3 is 2.59 bits per heavy atom. The first-order valence-electron chi connectivity index (χ1n) is 5.97. The summed E-state index contributed by atoms with van der Waals surface area (Å²) < 4.78 is 0. The number of aliphatic hydroxyl groups is 1. The molecule has 1 fully saturated rings. The van der Waals surface area contributed by atoms with Crippen LogP contribution in [0.25, 0.3) is 0 Å². The van der Waals surface area contributed by atoms with Gasteiger partial charge in [-0.1, -0.05) is 17.7 Å². The van der Waals surface area contributed by atoms with Gasteiger partial charge in [0.25, 0.3) is 0 Å². The quantitative estimate of drug-likeness (QED) is 0.733. The van der Waals surface area contributed by atoms with Gasteiger partial charge in [-0.2, -0.15) is 0 Å². The van der Waals surface area contributed by atoms with Gasteiger partial charge in [-0.25, -0.2) is 4.79 Å². The summed E-state index contributed by atoms with van der Waals surface area (Å²) in [7, 11) is 0. The minimum atomic E-state index is -0.404. The van der Waals surface area contributed by atoms with Gasteiger partial charge < -0.3 is 15.7 Å². The number of amides is 2. The number of carbonyl (C=O) groups is 1. The van der Waals surface area contributed by atoms with Gasteiger partial charge in [0, 0.05) is 5.69 Å². The second-order valence-electron chi connectivity index (χ2n) is 4.57. The molecule has 1 saturated carbocycles. The summed E-state index contributed by atoms with van der Waals surface area (Å²) in [6.45, 7) is 2.00. The average molecular weight is 234 g/mol. The van der Waals surface area contributed by atoms with Crippen LogP contribution in [0.4, 0.5) is 10.5 Å². The van der Waals surface area contributed by atoms with Crippen molar-refractivity contribution in [2.75, 3.05) is 5.32 Å². The molecule has 1 aromatic rings. The first-order valence-corrected chi connectivity index (χ1v) is 5.97. The molecule has 2 atom stereocenters. The van der Waals surface area contributed by atoms with E-state index in [9.17, 15) is 9.90 Å². The van der Waals surface area contributed by atoms with Crippen molar-refractivity contribution < 1.29 is 9.90 Å². The summed E-state index contributed by atoms with van der Waals surface area (Å²) in [5, 5.41) is 15.1. The molecule has 0 unspecified atom stereocenters. The molecule has 0 aromatic heterocycles. The summed E-state index contributed by atoms with van der Waals surface area (Å²) in [5.74, 6) is 0. The number of rotatable bonds is 2. The van der Waals surface area contributed by atoms with Gasteiger partial charge in [0.2, 0.25) is 0 Å². The zero-order chi connectivity index (χ0) is 12.3. The summed E-state index contributed by atoms with van der Waals surface area (Å²) in [6, 6.07) is 7.25. The maximum atomic E-state index is 11.7. The van der Waals surface area contributed by atoms with Crippen molar-refractivity contribution in [3.05, 3.63) is 29.8 Å². The fraction of sp³-hybridized carbons (Fsp3) is 0.462. The van der Waals surface area contributed by atoms with E-state index in [-0.39, 0.29) is 12.1 Å². The second kappa shape index (κ2) is 5.19. The van der Waals surface area contributed by atoms with Gasteiger partial charge in [0.1, 0.15) is 0 Å². The highest BCUT2D eigenvalue weighted by molar-refractivity contribution is 5.89. The van der Waals surface area contributed by atoms with Crippen LogP contribution in [0.3, 0.4) is 0 Å². The topological polar surface area (TPSA) is 61.4 Å². The lowest BCUT2D eigenvalue weighted by Gasteiger charge is -2.16. The standard InChI is InChI=1S/C13H18N2O2/c1-9-5-7-10(8-6-9)14-13(17)15-11-3-2-4-12(11)16/h5-8,11-12,16H,2-4H2,1H3,(H2,14,15,17)/t11-,12-/m0/s1. The Morgan fingerprint density at radius 1 is 1.29 bits per heavy atom. The predicted molar refractivity (Wildman–Crippen MR) is 67.0 cm³/mol. The molecule has 1 aliphatic carbocycles. The lowest BCUT2D eigenvalue weighted by Crippen LogP contribution is -2.42. The molecular formula is C13H18N2O2. The van der Waals surface area contributed by atoms with E-state index in [2.05, 4.69) is 10.6 Å². The lowest BCUT2D eigenvalue weighted by molar-refractivity contribution is 0.151. The van der Waals surface area contributed by atoms with Gasteiger partial charge in [-0.3, -0.25) is 0 Å². The van der Waals surface area contributed by atoms with Gasteiger partial charge in [0.15, 0.2) is 0 Å². The largest absolute Gasteiger partial charge is 0.391 e. The highest BCUT2D eigenvalue weighted by Crippen LogP contribution is 2.18. The molecule has 1 aromatic carbocycles. The van der Waals surface area contributed by atoms with Crippen LogP contribution in [0.2, 0.25) is 0 Å². The molecule has 0 bridgehead atoms. The average Bonchev–Trinajstić information content (AvgIpc) is 2.68. The molecule has 0 saturated heterocycles. The fourth-order valence-electron chi connectivity index (χ4n) is 2.08. The van der Waals surface area contributed by atoms with E-state index in [1.807, 2.05) is 31.2 Å². The molecule has 0 heterocycles. The van der Waals surface area contributed by atoms with Crippen molar-refractivity contribution in [2.24, 2.45) is 0 Å². The first-order chi connectivity index (χ1) is 8.15. The number of hydrogen-bond donors (Lipinski definition) is 3. The highest BCUT2D eigenvalue weighted by atomic mass is 16.3. The summed E-state index contributed by atoms with van der Waals surface area (Å²) in [4.78, 5) is 11.7. The van der Waals surface area contributed by atoms with Crippen molar-refractivity contribution in [1.82, 2.24) is 5.32 Å². The van der Waals surface area contributed by atoms with Crippen molar-refractivity contribution in [3.63, 3.8) is 0 Å². The van der Waals surface area contributed by atoms with Crippen LogP contribution in [0, 0.1) is 6.92 Å². The van der Waals surface area contributed by atoms with Crippen LogP contribution in [0.1, 0.15) is 24.8 Å². The molecule has 0 radical (unpaired) electrons. The summed E-state index contributed by atoms with van der Waals surface area (Å²) >= 11 is 0. The third-order valence-corrected chi connectivity index (χ3v) is 3.11. The van der Waals surface area contributed by atoms with Gasteiger partial charge in [-0.15, -0.1) is 0 Å². The van der Waals surface area contributed by atoms with E-state index < -0.39 is 6.10 Å². The van der Waals surface area contributed by atoms with Crippen LogP contribution in [0.15, 0.2) is 24.3 Å². The zero-order valence-electron chi connectivity index (χ0n) is 9.94. The third-order valence-electron chi connectivity index (χ3n) is 3.11. The maximum absolute atomic E-state index is 11.7. The minimum Gasteiger partial charge on any atom is -0.391 e. The SMILES string of the molecule is Cc1ccc(NC(=O)N[C@H]2CCC[C@@H]2O)cc1. The van der Waals surface area contributed by atoms with Crippen LogP contribution >= 0.6 is 0 Å². The number of anilines is 1. The molecule has 0 aliphatic heterocycles. The molecule has 17 heavy (non-hydrogen) atoms. The van der Waals surface area contributed by atoms with E-state index >= 15 is 0 Å². The molecule has 92 valence electrons. The van der Waals surface area contributed by atoms with E-state index in [0.717, 1.165) is 30.5 Å². The monoisotopic (exact) mass is 234 g/mol. The molecule has 3 N–H and O–H groups in total. The van der Waals surface area contributed by atoms with Crippen LogP contribution in [-0.2, 0) is 0 Å². The van der Waals surface area contributed by atoms with Gasteiger partial charge in [-0.05, 0) is 38.3 Å². The zero-order valence-corrected chi connectivity index (χ0v) is 9.94. The lowest BCUT2D eigenvalue weighted by atomic mass is 10.2. The Bertz CT molecular complexity index is 389.